The number of thioether (sulfide) groups is 1. The zero-order chi connectivity index (χ0) is 11.5. The molecular weight excluding hydrogens is 222 g/mol. The van der Waals surface area contributed by atoms with Crippen LogP contribution in [0.25, 0.3) is 0 Å². The van der Waals surface area contributed by atoms with E-state index in [2.05, 4.69) is 5.32 Å². The summed E-state index contributed by atoms with van der Waals surface area (Å²) in [4.78, 5) is 11.8. The van der Waals surface area contributed by atoms with Crippen LogP contribution in [0.15, 0.2) is 18.2 Å². The van der Waals surface area contributed by atoms with Crippen molar-refractivity contribution in [2.75, 3.05) is 11.1 Å². The fraction of sp³-hybridized carbons (Fsp3) is 0.417. The summed E-state index contributed by atoms with van der Waals surface area (Å²) >= 11 is 1.70. The number of anilines is 1. The molecule has 1 heterocycles. The van der Waals surface area contributed by atoms with Gasteiger partial charge in [0.2, 0.25) is 5.91 Å². The minimum atomic E-state index is 0.0470. The quantitative estimate of drug-likeness (QED) is 0.831. The first-order valence-electron chi connectivity index (χ1n) is 5.39. The molecule has 0 bridgehead atoms. The molecule has 1 amide bonds. The van der Waals surface area contributed by atoms with E-state index in [-0.39, 0.29) is 16.9 Å². The fourth-order valence-electron chi connectivity index (χ4n) is 1.69. The second kappa shape index (κ2) is 4.78. The van der Waals surface area contributed by atoms with Gasteiger partial charge in [-0.3, -0.25) is 4.79 Å². The van der Waals surface area contributed by atoms with Gasteiger partial charge in [-0.15, -0.1) is 11.8 Å². The number of rotatable bonds is 2. The lowest BCUT2D eigenvalue weighted by atomic mass is 10.2. The van der Waals surface area contributed by atoms with Gasteiger partial charge in [0, 0.05) is 11.8 Å². The summed E-state index contributed by atoms with van der Waals surface area (Å²) in [6.45, 7) is 1.83. The van der Waals surface area contributed by atoms with Gasteiger partial charge < -0.3 is 10.4 Å². The summed E-state index contributed by atoms with van der Waals surface area (Å²) in [6.07, 6.45) is 2.07. The van der Waals surface area contributed by atoms with Crippen LogP contribution in [0.4, 0.5) is 5.69 Å². The minimum Gasteiger partial charge on any atom is -0.508 e. The van der Waals surface area contributed by atoms with Gasteiger partial charge in [-0.25, -0.2) is 0 Å². The summed E-state index contributed by atoms with van der Waals surface area (Å²) in [5, 5.41) is 12.4. The van der Waals surface area contributed by atoms with E-state index in [4.69, 9.17) is 0 Å². The molecule has 1 unspecified atom stereocenters. The monoisotopic (exact) mass is 237 g/mol. The first kappa shape index (κ1) is 11.3. The highest BCUT2D eigenvalue weighted by atomic mass is 32.2. The number of nitrogens with one attached hydrogen (secondary N) is 1. The number of phenols is 1. The van der Waals surface area contributed by atoms with Crippen LogP contribution in [-0.2, 0) is 4.79 Å². The molecule has 0 radical (unpaired) electrons. The number of aromatic hydroxyl groups is 1. The highest BCUT2D eigenvalue weighted by Crippen LogP contribution is 2.28. The van der Waals surface area contributed by atoms with Crippen LogP contribution in [0.3, 0.4) is 0 Å². The van der Waals surface area contributed by atoms with E-state index in [0.29, 0.717) is 5.69 Å². The zero-order valence-corrected chi connectivity index (χ0v) is 10.0. The predicted octanol–water partition coefficient (Wildman–Crippen LogP) is 2.53. The van der Waals surface area contributed by atoms with Gasteiger partial charge in [0.15, 0.2) is 0 Å². The van der Waals surface area contributed by atoms with Crippen molar-refractivity contribution in [1.82, 2.24) is 0 Å². The predicted molar refractivity (Wildman–Crippen MR) is 67.0 cm³/mol. The van der Waals surface area contributed by atoms with Gasteiger partial charge in [0.05, 0.1) is 5.25 Å². The first-order valence-corrected chi connectivity index (χ1v) is 6.44. The molecule has 86 valence electrons. The molecular formula is C12H15NO2S. The van der Waals surface area contributed by atoms with Gasteiger partial charge in [0.25, 0.3) is 0 Å². The smallest absolute Gasteiger partial charge is 0.237 e. The van der Waals surface area contributed by atoms with Crippen LogP contribution in [0.5, 0.6) is 5.75 Å². The molecule has 1 aliphatic heterocycles. The number of benzene rings is 1. The summed E-state index contributed by atoms with van der Waals surface area (Å²) in [6, 6.07) is 5.20. The van der Waals surface area contributed by atoms with Crippen molar-refractivity contribution in [3.8, 4) is 5.75 Å². The molecule has 0 spiro atoms. The number of carbonyl (C=O) groups excluding carboxylic acids is 1. The van der Waals surface area contributed by atoms with Crippen LogP contribution in [0.2, 0.25) is 0 Å². The van der Waals surface area contributed by atoms with E-state index in [9.17, 15) is 9.90 Å². The third kappa shape index (κ3) is 2.50. The molecule has 0 saturated carbocycles. The van der Waals surface area contributed by atoms with E-state index < -0.39 is 0 Å². The lowest BCUT2D eigenvalue weighted by Crippen LogP contribution is -2.22. The molecule has 1 aromatic carbocycles. The first-order chi connectivity index (χ1) is 7.66. The topological polar surface area (TPSA) is 49.3 Å². The number of amides is 1. The normalized spacial score (nSPS) is 19.7. The van der Waals surface area contributed by atoms with Crippen molar-refractivity contribution >= 4 is 23.4 Å². The van der Waals surface area contributed by atoms with E-state index in [1.165, 1.54) is 0 Å². The minimum absolute atomic E-state index is 0.0470. The summed E-state index contributed by atoms with van der Waals surface area (Å²) in [5.41, 5.74) is 1.48. The van der Waals surface area contributed by atoms with Crippen molar-refractivity contribution in [2.24, 2.45) is 0 Å². The number of aryl methyl sites for hydroxylation is 1. The molecule has 2 rings (SSSR count). The van der Waals surface area contributed by atoms with Crippen molar-refractivity contribution in [1.29, 1.82) is 0 Å². The van der Waals surface area contributed by atoms with Crippen molar-refractivity contribution in [2.45, 2.75) is 25.0 Å². The van der Waals surface area contributed by atoms with Crippen molar-refractivity contribution in [3.63, 3.8) is 0 Å². The average molecular weight is 237 g/mol. The SMILES string of the molecule is Cc1ccc(NC(=O)C2CCCS2)cc1O. The lowest BCUT2D eigenvalue weighted by Gasteiger charge is -2.10. The summed E-state index contributed by atoms with van der Waals surface area (Å²) < 4.78 is 0. The Balaban J connectivity index is 2.02. The number of carbonyl (C=O) groups is 1. The van der Waals surface area contributed by atoms with Gasteiger partial charge in [-0.1, -0.05) is 6.07 Å². The molecule has 4 heteroatoms. The standard InChI is InChI=1S/C12H15NO2S/c1-8-4-5-9(7-10(8)14)13-12(15)11-3-2-6-16-11/h4-5,7,11,14H,2-3,6H2,1H3,(H,13,15). The maximum Gasteiger partial charge on any atom is 0.237 e. The second-order valence-electron chi connectivity index (χ2n) is 3.99. The van der Waals surface area contributed by atoms with Gasteiger partial charge in [0.1, 0.15) is 5.75 Å². The molecule has 1 aromatic rings. The van der Waals surface area contributed by atoms with Crippen molar-refractivity contribution < 1.29 is 9.90 Å². The van der Waals surface area contributed by atoms with E-state index in [1.54, 1.807) is 23.9 Å². The molecule has 1 atom stereocenters. The molecule has 1 fully saturated rings. The lowest BCUT2D eigenvalue weighted by molar-refractivity contribution is -0.115. The number of hydrogen-bond acceptors (Lipinski definition) is 3. The summed E-state index contributed by atoms with van der Waals surface area (Å²) in [7, 11) is 0. The molecule has 3 nitrogen and oxygen atoms in total. The Labute approximate surface area is 99.2 Å². The third-order valence-electron chi connectivity index (χ3n) is 2.70. The van der Waals surface area contributed by atoms with Gasteiger partial charge >= 0.3 is 0 Å². The van der Waals surface area contributed by atoms with Gasteiger partial charge in [-0.2, -0.15) is 0 Å². The Morgan fingerprint density at radius 2 is 2.38 bits per heavy atom. The molecule has 1 aliphatic rings. The Bertz CT molecular complexity index is 400. The Morgan fingerprint density at radius 1 is 1.56 bits per heavy atom. The Hall–Kier alpha value is -1.16. The highest BCUT2D eigenvalue weighted by Gasteiger charge is 2.23. The fourth-order valence-corrected chi connectivity index (χ4v) is 2.86. The van der Waals surface area contributed by atoms with E-state index in [0.717, 1.165) is 24.2 Å². The second-order valence-corrected chi connectivity index (χ2v) is 5.30. The number of phenolic OH excluding ortho intramolecular Hbond substituents is 1. The van der Waals surface area contributed by atoms with Crippen LogP contribution >= 0.6 is 11.8 Å². The van der Waals surface area contributed by atoms with Gasteiger partial charge in [-0.05, 0) is 37.1 Å². The zero-order valence-electron chi connectivity index (χ0n) is 9.19. The van der Waals surface area contributed by atoms with E-state index in [1.807, 2.05) is 13.0 Å². The van der Waals surface area contributed by atoms with Crippen molar-refractivity contribution in [3.05, 3.63) is 23.8 Å². The summed E-state index contributed by atoms with van der Waals surface area (Å²) in [5.74, 6) is 1.33. The largest absolute Gasteiger partial charge is 0.508 e. The maximum absolute atomic E-state index is 11.8. The molecule has 1 saturated heterocycles. The molecule has 2 N–H and O–H groups in total. The molecule has 16 heavy (non-hydrogen) atoms. The Kier molecular flexibility index (Phi) is 3.39. The van der Waals surface area contributed by atoms with E-state index >= 15 is 0 Å². The Morgan fingerprint density at radius 3 is 3.00 bits per heavy atom. The van der Waals surface area contributed by atoms with Crippen LogP contribution in [0.1, 0.15) is 18.4 Å². The van der Waals surface area contributed by atoms with Crippen LogP contribution in [0, 0.1) is 6.92 Å². The highest BCUT2D eigenvalue weighted by molar-refractivity contribution is 8.00. The van der Waals surface area contributed by atoms with Crippen LogP contribution in [-0.4, -0.2) is 22.0 Å². The maximum atomic E-state index is 11.8. The third-order valence-corrected chi connectivity index (χ3v) is 4.08. The molecule has 0 aromatic heterocycles. The van der Waals surface area contributed by atoms with Crippen LogP contribution < -0.4 is 5.32 Å². The number of hydrogen-bond donors (Lipinski definition) is 2. The molecule has 0 aliphatic carbocycles. The average Bonchev–Trinajstić information content (AvgIpc) is 2.77.